The number of rotatable bonds is 4. The van der Waals surface area contributed by atoms with Crippen LogP contribution in [0.3, 0.4) is 0 Å². The van der Waals surface area contributed by atoms with Crippen molar-refractivity contribution in [2.24, 2.45) is 11.1 Å². The Bertz CT molecular complexity index is 292. The molecule has 1 aliphatic heterocycles. The first kappa shape index (κ1) is 14.8. The fraction of sp³-hybridized carbons (Fsp3) is 0.933. The molecule has 1 aliphatic carbocycles. The molecule has 4 heteroatoms. The number of amides is 1. The third-order valence-corrected chi connectivity index (χ3v) is 4.89. The Morgan fingerprint density at radius 2 is 1.89 bits per heavy atom. The lowest BCUT2D eigenvalue weighted by molar-refractivity contribution is -0.123. The van der Waals surface area contributed by atoms with Crippen molar-refractivity contribution >= 4 is 5.91 Å². The summed E-state index contributed by atoms with van der Waals surface area (Å²) in [4.78, 5) is 14.3. The number of nitrogens with two attached hydrogens (primary N) is 1. The summed E-state index contributed by atoms with van der Waals surface area (Å²) >= 11 is 0. The van der Waals surface area contributed by atoms with E-state index in [2.05, 4.69) is 17.1 Å². The van der Waals surface area contributed by atoms with Crippen molar-refractivity contribution in [3.63, 3.8) is 0 Å². The van der Waals surface area contributed by atoms with Crippen LogP contribution in [0.15, 0.2) is 0 Å². The zero-order chi connectivity index (χ0) is 13.7. The van der Waals surface area contributed by atoms with Crippen LogP contribution in [0, 0.1) is 5.41 Å². The minimum absolute atomic E-state index is 0.211. The van der Waals surface area contributed by atoms with E-state index in [9.17, 15) is 4.79 Å². The van der Waals surface area contributed by atoms with E-state index in [1.54, 1.807) is 0 Å². The van der Waals surface area contributed by atoms with Gasteiger partial charge in [0, 0.05) is 6.04 Å². The van der Waals surface area contributed by atoms with Gasteiger partial charge in [0.1, 0.15) is 0 Å². The van der Waals surface area contributed by atoms with E-state index >= 15 is 0 Å². The molecule has 0 aromatic carbocycles. The Hall–Kier alpha value is -0.610. The van der Waals surface area contributed by atoms with Crippen LogP contribution in [0.4, 0.5) is 0 Å². The van der Waals surface area contributed by atoms with E-state index in [0.717, 1.165) is 45.3 Å². The van der Waals surface area contributed by atoms with Crippen molar-refractivity contribution in [3.05, 3.63) is 0 Å². The molecular formula is C15H29N3O. The highest BCUT2D eigenvalue weighted by Crippen LogP contribution is 2.29. The van der Waals surface area contributed by atoms with E-state index in [1.807, 2.05) is 0 Å². The number of carbonyl (C=O) groups is 1. The van der Waals surface area contributed by atoms with E-state index < -0.39 is 0 Å². The molecule has 0 bridgehead atoms. The summed E-state index contributed by atoms with van der Waals surface area (Å²) in [5.74, 6) is 0.211. The van der Waals surface area contributed by atoms with Crippen molar-refractivity contribution in [2.75, 3.05) is 26.2 Å². The standard InChI is InChI=1S/C15H29N3O/c1-15(12-16)7-9-18(10-8-15)11-14(19)17-13-5-3-2-4-6-13/h13H,2-12,16H2,1H3,(H,17,19). The van der Waals surface area contributed by atoms with Gasteiger partial charge < -0.3 is 11.1 Å². The minimum Gasteiger partial charge on any atom is -0.352 e. The van der Waals surface area contributed by atoms with Crippen LogP contribution in [-0.4, -0.2) is 43.0 Å². The molecule has 0 aromatic heterocycles. The topological polar surface area (TPSA) is 58.4 Å². The van der Waals surface area contributed by atoms with Crippen molar-refractivity contribution < 1.29 is 4.79 Å². The predicted octanol–water partition coefficient (Wildman–Crippen LogP) is 1.50. The molecule has 1 saturated carbocycles. The summed E-state index contributed by atoms with van der Waals surface area (Å²) in [6.45, 7) is 5.59. The molecule has 2 aliphatic rings. The maximum absolute atomic E-state index is 12.0. The largest absolute Gasteiger partial charge is 0.352 e. The monoisotopic (exact) mass is 267 g/mol. The SMILES string of the molecule is CC1(CN)CCN(CC(=O)NC2CCCCC2)CC1. The molecule has 2 rings (SSSR count). The first-order valence-electron chi connectivity index (χ1n) is 7.83. The van der Waals surface area contributed by atoms with Crippen LogP contribution in [0.1, 0.15) is 51.9 Å². The van der Waals surface area contributed by atoms with Gasteiger partial charge in [-0.1, -0.05) is 26.2 Å². The second-order valence-corrected chi connectivity index (χ2v) is 6.69. The summed E-state index contributed by atoms with van der Waals surface area (Å²) in [7, 11) is 0. The van der Waals surface area contributed by atoms with E-state index in [-0.39, 0.29) is 11.3 Å². The number of likely N-dealkylation sites (tertiary alicyclic amines) is 1. The van der Waals surface area contributed by atoms with Crippen LogP contribution in [-0.2, 0) is 4.79 Å². The summed E-state index contributed by atoms with van der Waals surface area (Å²) < 4.78 is 0. The van der Waals surface area contributed by atoms with E-state index in [1.165, 1.54) is 19.3 Å². The molecule has 0 spiro atoms. The molecule has 1 amide bonds. The number of hydrogen-bond acceptors (Lipinski definition) is 3. The van der Waals surface area contributed by atoms with Gasteiger partial charge in [-0.3, -0.25) is 9.69 Å². The van der Waals surface area contributed by atoms with Crippen molar-refractivity contribution in [1.82, 2.24) is 10.2 Å². The number of carbonyl (C=O) groups excluding carboxylic acids is 1. The van der Waals surface area contributed by atoms with Gasteiger partial charge in [0.05, 0.1) is 6.54 Å². The van der Waals surface area contributed by atoms with Crippen LogP contribution in [0.5, 0.6) is 0 Å². The normalized spacial score (nSPS) is 25.2. The van der Waals surface area contributed by atoms with Gasteiger partial charge in [0.25, 0.3) is 0 Å². The summed E-state index contributed by atoms with van der Waals surface area (Å²) in [6.07, 6.45) is 8.41. The smallest absolute Gasteiger partial charge is 0.234 e. The number of nitrogens with one attached hydrogen (secondary N) is 1. The molecule has 0 unspecified atom stereocenters. The van der Waals surface area contributed by atoms with E-state index in [4.69, 9.17) is 5.73 Å². The van der Waals surface area contributed by atoms with Gasteiger partial charge in [0.2, 0.25) is 5.91 Å². The highest BCUT2D eigenvalue weighted by Gasteiger charge is 2.29. The third-order valence-electron chi connectivity index (χ3n) is 4.89. The average molecular weight is 267 g/mol. The Labute approximate surface area is 117 Å². The Morgan fingerprint density at radius 3 is 2.47 bits per heavy atom. The first-order chi connectivity index (χ1) is 9.11. The van der Waals surface area contributed by atoms with Crippen LogP contribution >= 0.6 is 0 Å². The van der Waals surface area contributed by atoms with Gasteiger partial charge in [-0.05, 0) is 50.7 Å². The maximum atomic E-state index is 12.0. The second kappa shape index (κ2) is 6.71. The van der Waals surface area contributed by atoms with Crippen molar-refractivity contribution in [1.29, 1.82) is 0 Å². The molecule has 2 fully saturated rings. The number of piperidine rings is 1. The zero-order valence-corrected chi connectivity index (χ0v) is 12.3. The molecule has 3 N–H and O–H groups in total. The van der Waals surface area contributed by atoms with Crippen molar-refractivity contribution in [2.45, 2.75) is 57.9 Å². The molecule has 0 atom stereocenters. The van der Waals surface area contributed by atoms with Gasteiger partial charge in [-0.2, -0.15) is 0 Å². The fourth-order valence-electron chi connectivity index (χ4n) is 3.18. The molecule has 19 heavy (non-hydrogen) atoms. The van der Waals surface area contributed by atoms with Crippen LogP contribution < -0.4 is 11.1 Å². The van der Waals surface area contributed by atoms with E-state index in [0.29, 0.717) is 12.6 Å². The van der Waals surface area contributed by atoms with Crippen molar-refractivity contribution in [3.8, 4) is 0 Å². The summed E-state index contributed by atoms with van der Waals surface area (Å²) in [5, 5.41) is 3.20. The van der Waals surface area contributed by atoms with Crippen LogP contribution in [0.25, 0.3) is 0 Å². The highest BCUT2D eigenvalue weighted by molar-refractivity contribution is 5.78. The van der Waals surface area contributed by atoms with Gasteiger partial charge in [-0.25, -0.2) is 0 Å². The Morgan fingerprint density at radius 1 is 1.26 bits per heavy atom. The molecule has 0 aromatic rings. The lowest BCUT2D eigenvalue weighted by atomic mass is 9.80. The summed E-state index contributed by atoms with van der Waals surface area (Å²) in [6, 6.07) is 0.431. The van der Waals surface area contributed by atoms with Gasteiger partial charge >= 0.3 is 0 Å². The Balaban J connectivity index is 1.68. The molecule has 0 radical (unpaired) electrons. The number of nitrogens with zero attached hydrogens (tertiary/aromatic N) is 1. The van der Waals surface area contributed by atoms with Gasteiger partial charge in [0.15, 0.2) is 0 Å². The third kappa shape index (κ3) is 4.46. The molecule has 1 saturated heterocycles. The maximum Gasteiger partial charge on any atom is 0.234 e. The fourth-order valence-corrected chi connectivity index (χ4v) is 3.18. The Kier molecular flexibility index (Phi) is 5.22. The second-order valence-electron chi connectivity index (χ2n) is 6.69. The lowest BCUT2D eigenvalue weighted by Gasteiger charge is -2.38. The summed E-state index contributed by atoms with van der Waals surface area (Å²) in [5.41, 5.74) is 6.10. The average Bonchev–Trinajstić information content (AvgIpc) is 2.43. The quantitative estimate of drug-likeness (QED) is 0.811. The number of hydrogen-bond donors (Lipinski definition) is 2. The zero-order valence-electron chi connectivity index (χ0n) is 12.3. The molecule has 110 valence electrons. The minimum atomic E-state index is 0.211. The predicted molar refractivity (Wildman–Crippen MR) is 77.9 cm³/mol. The molecular weight excluding hydrogens is 238 g/mol. The highest BCUT2D eigenvalue weighted by atomic mass is 16.2. The molecule has 4 nitrogen and oxygen atoms in total. The molecule has 1 heterocycles. The first-order valence-corrected chi connectivity index (χ1v) is 7.83. The van der Waals surface area contributed by atoms with Gasteiger partial charge in [-0.15, -0.1) is 0 Å². The van der Waals surface area contributed by atoms with Crippen LogP contribution in [0.2, 0.25) is 0 Å². The lowest BCUT2D eigenvalue weighted by Crippen LogP contribution is -2.47.